The molecular formula is C13H14N4O2S. The predicted molar refractivity (Wildman–Crippen MR) is 75.2 cm³/mol. The molecule has 0 unspecified atom stereocenters. The van der Waals surface area contributed by atoms with E-state index in [4.69, 9.17) is 9.47 Å². The highest BCUT2D eigenvalue weighted by atomic mass is 32.1. The van der Waals surface area contributed by atoms with Gasteiger partial charge < -0.3 is 9.47 Å². The zero-order valence-electron chi connectivity index (χ0n) is 11.2. The third-order valence-corrected chi connectivity index (χ3v) is 3.78. The summed E-state index contributed by atoms with van der Waals surface area (Å²) in [6.45, 7) is 0.410. The summed E-state index contributed by atoms with van der Waals surface area (Å²) in [5.41, 5.74) is 1.18. The topological polar surface area (TPSA) is 61.5 Å². The normalized spacial score (nSPS) is 11.1. The minimum absolute atomic E-state index is 0.410. The molecule has 0 fully saturated rings. The molecule has 7 heteroatoms. The molecule has 0 atom stereocenters. The van der Waals surface area contributed by atoms with E-state index in [2.05, 4.69) is 15.3 Å². The third kappa shape index (κ3) is 2.50. The first-order valence-electron chi connectivity index (χ1n) is 6.12. The maximum atomic E-state index is 5.15. The van der Waals surface area contributed by atoms with Crippen LogP contribution in [0.1, 0.15) is 16.4 Å². The molecule has 0 N–H and O–H groups in total. The van der Waals surface area contributed by atoms with Crippen LogP contribution < -0.4 is 4.74 Å². The summed E-state index contributed by atoms with van der Waals surface area (Å²) in [6, 6.07) is 7.98. The van der Waals surface area contributed by atoms with Crippen LogP contribution in [0.2, 0.25) is 0 Å². The Hall–Kier alpha value is -1.99. The van der Waals surface area contributed by atoms with Crippen LogP contribution in [-0.2, 0) is 17.8 Å². The predicted octanol–water partition coefficient (Wildman–Crippen LogP) is 1.93. The Morgan fingerprint density at radius 3 is 2.65 bits per heavy atom. The maximum absolute atomic E-state index is 5.15. The molecule has 3 rings (SSSR count). The molecule has 1 aromatic carbocycles. The lowest BCUT2D eigenvalue weighted by Gasteiger charge is -2.01. The van der Waals surface area contributed by atoms with Gasteiger partial charge in [-0.3, -0.25) is 0 Å². The van der Waals surface area contributed by atoms with Gasteiger partial charge >= 0.3 is 0 Å². The molecule has 0 radical (unpaired) electrons. The van der Waals surface area contributed by atoms with Gasteiger partial charge in [0.25, 0.3) is 0 Å². The second-order valence-corrected chi connectivity index (χ2v) is 5.30. The van der Waals surface area contributed by atoms with Gasteiger partial charge in [0.2, 0.25) is 4.96 Å². The summed E-state index contributed by atoms with van der Waals surface area (Å²) in [7, 11) is 3.29. The number of fused-ring (bicyclic) bond motifs is 1. The molecule has 0 spiro atoms. The Kier molecular flexibility index (Phi) is 3.62. The number of benzene rings is 1. The minimum Gasteiger partial charge on any atom is -0.497 e. The lowest BCUT2D eigenvalue weighted by molar-refractivity contribution is 0.176. The standard InChI is InChI=1S/C13H14N4O2S/c1-18-8-11-14-15-13-17(11)16-12(20-13)7-9-3-5-10(19-2)6-4-9/h3-6H,7-8H2,1-2H3. The summed E-state index contributed by atoms with van der Waals surface area (Å²) < 4.78 is 12.0. The van der Waals surface area contributed by atoms with Crippen molar-refractivity contribution in [2.45, 2.75) is 13.0 Å². The van der Waals surface area contributed by atoms with Gasteiger partial charge in [0.1, 0.15) is 17.4 Å². The molecule has 104 valence electrons. The Morgan fingerprint density at radius 2 is 1.95 bits per heavy atom. The van der Waals surface area contributed by atoms with Gasteiger partial charge in [-0.15, -0.1) is 10.2 Å². The first-order valence-corrected chi connectivity index (χ1v) is 6.93. The van der Waals surface area contributed by atoms with Crippen molar-refractivity contribution in [3.8, 4) is 5.75 Å². The second-order valence-electron chi connectivity index (χ2n) is 4.26. The van der Waals surface area contributed by atoms with Crippen LogP contribution in [0.5, 0.6) is 5.75 Å². The average Bonchev–Trinajstić information content (AvgIpc) is 3.02. The van der Waals surface area contributed by atoms with Gasteiger partial charge in [-0.25, -0.2) is 0 Å². The SMILES string of the molecule is COCc1nnc2sc(Cc3ccc(OC)cc3)nn12. The summed E-state index contributed by atoms with van der Waals surface area (Å²) in [5.74, 6) is 1.58. The van der Waals surface area contributed by atoms with Crippen LogP contribution in [0.15, 0.2) is 24.3 Å². The third-order valence-electron chi connectivity index (χ3n) is 2.89. The van der Waals surface area contributed by atoms with Crippen molar-refractivity contribution in [1.82, 2.24) is 19.8 Å². The number of hydrogen-bond donors (Lipinski definition) is 0. The van der Waals surface area contributed by atoms with Crippen molar-refractivity contribution in [2.75, 3.05) is 14.2 Å². The van der Waals surface area contributed by atoms with Crippen molar-refractivity contribution in [3.05, 3.63) is 40.7 Å². The fourth-order valence-corrected chi connectivity index (χ4v) is 2.79. The van der Waals surface area contributed by atoms with Crippen LogP contribution in [0.4, 0.5) is 0 Å². The first-order chi connectivity index (χ1) is 9.80. The average molecular weight is 290 g/mol. The van der Waals surface area contributed by atoms with Crippen LogP contribution in [-0.4, -0.2) is 34.0 Å². The molecule has 0 aliphatic heterocycles. The van der Waals surface area contributed by atoms with E-state index in [-0.39, 0.29) is 0 Å². The van der Waals surface area contributed by atoms with E-state index in [0.29, 0.717) is 6.61 Å². The van der Waals surface area contributed by atoms with Crippen molar-refractivity contribution in [2.24, 2.45) is 0 Å². The monoisotopic (exact) mass is 290 g/mol. The highest BCUT2D eigenvalue weighted by Gasteiger charge is 2.11. The second kappa shape index (κ2) is 5.56. The molecule has 0 aliphatic carbocycles. The fourth-order valence-electron chi connectivity index (χ4n) is 1.91. The van der Waals surface area contributed by atoms with E-state index < -0.39 is 0 Å². The molecule has 0 saturated carbocycles. The van der Waals surface area contributed by atoms with Crippen LogP contribution in [0.25, 0.3) is 4.96 Å². The van der Waals surface area contributed by atoms with Crippen molar-refractivity contribution >= 4 is 16.3 Å². The Morgan fingerprint density at radius 1 is 1.15 bits per heavy atom. The van der Waals surface area contributed by atoms with Gasteiger partial charge in [-0.05, 0) is 17.7 Å². The minimum atomic E-state index is 0.410. The lowest BCUT2D eigenvalue weighted by atomic mass is 10.1. The lowest BCUT2D eigenvalue weighted by Crippen LogP contribution is -1.98. The van der Waals surface area contributed by atoms with E-state index in [1.807, 2.05) is 24.3 Å². The number of ether oxygens (including phenoxy) is 2. The van der Waals surface area contributed by atoms with E-state index in [9.17, 15) is 0 Å². The summed E-state index contributed by atoms with van der Waals surface area (Å²) in [6.07, 6.45) is 0.768. The van der Waals surface area contributed by atoms with E-state index in [1.54, 1.807) is 30.1 Å². The Labute approximate surface area is 120 Å². The number of aromatic nitrogens is 4. The molecule has 0 aliphatic rings. The van der Waals surface area contributed by atoms with Gasteiger partial charge in [0.05, 0.1) is 7.11 Å². The number of methoxy groups -OCH3 is 2. The van der Waals surface area contributed by atoms with Crippen LogP contribution in [0.3, 0.4) is 0 Å². The molecule has 2 heterocycles. The van der Waals surface area contributed by atoms with Gasteiger partial charge in [0, 0.05) is 13.5 Å². The largest absolute Gasteiger partial charge is 0.497 e. The smallest absolute Gasteiger partial charge is 0.234 e. The van der Waals surface area contributed by atoms with Gasteiger partial charge in [0.15, 0.2) is 5.82 Å². The highest BCUT2D eigenvalue weighted by molar-refractivity contribution is 7.16. The molecule has 6 nitrogen and oxygen atoms in total. The molecular weight excluding hydrogens is 276 g/mol. The number of hydrogen-bond acceptors (Lipinski definition) is 6. The maximum Gasteiger partial charge on any atom is 0.234 e. The molecule has 3 aromatic rings. The van der Waals surface area contributed by atoms with Crippen molar-refractivity contribution in [1.29, 1.82) is 0 Å². The zero-order valence-corrected chi connectivity index (χ0v) is 12.1. The highest BCUT2D eigenvalue weighted by Crippen LogP contribution is 2.19. The van der Waals surface area contributed by atoms with E-state index in [0.717, 1.165) is 28.0 Å². The summed E-state index contributed by atoms with van der Waals surface area (Å²) in [4.78, 5) is 0.792. The quantitative estimate of drug-likeness (QED) is 0.718. The van der Waals surface area contributed by atoms with Gasteiger partial charge in [-0.1, -0.05) is 23.5 Å². The number of rotatable bonds is 5. The van der Waals surface area contributed by atoms with Crippen LogP contribution >= 0.6 is 11.3 Å². The molecule has 0 amide bonds. The van der Waals surface area contributed by atoms with E-state index in [1.165, 1.54) is 5.56 Å². The van der Waals surface area contributed by atoms with Gasteiger partial charge in [-0.2, -0.15) is 9.61 Å². The first kappa shape index (κ1) is 13.0. The van der Waals surface area contributed by atoms with Crippen molar-refractivity contribution in [3.63, 3.8) is 0 Å². The molecule has 0 saturated heterocycles. The van der Waals surface area contributed by atoms with Crippen molar-refractivity contribution < 1.29 is 9.47 Å². The fraction of sp³-hybridized carbons (Fsp3) is 0.308. The Bertz CT molecular complexity index is 705. The summed E-state index contributed by atoms with van der Waals surface area (Å²) in [5, 5.41) is 13.7. The molecule has 2 aromatic heterocycles. The Balaban J connectivity index is 1.82. The number of nitrogens with zero attached hydrogens (tertiary/aromatic N) is 4. The molecule has 20 heavy (non-hydrogen) atoms. The van der Waals surface area contributed by atoms with Crippen LogP contribution in [0, 0.1) is 0 Å². The molecule has 0 bridgehead atoms. The zero-order chi connectivity index (χ0) is 13.9. The van der Waals surface area contributed by atoms with E-state index >= 15 is 0 Å². The summed E-state index contributed by atoms with van der Waals surface area (Å²) >= 11 is 1.54.